The molecule has 1 fully saturated rings. The minimum atomic E-state index is 0.278. The van der Waals surface area contributed by atoms with E-state index in [0.717, 1.165) is 72.6 Å². The lowest BCUT2D eigenvalue weighted by molar-refractivity contribution is -0.130. The summed E-state index contributed by atoms with van der Waals surface area (Å²) in [6.07, 6.45) is 4.66. The highest BCUT2D eigenvalue weighted by Gasteiger charge is 2.18. The molecule has 0 unspecified atom stereocenters. The van der Waals surface area contributed by atoms with Crippen LogP contribution in [0.2, 0.25) is 0 Å². The van der Waals surface area contributed by atoms with Crippen molar-refractivity contribution in [2.75, 3.05) is 20.2 Å². The van der Waals surface area contributed by atoms with Crippen LogP contribution in [0.25, 0.3) is 22.4 Å². The zero-order valence-corrected chi connectivity index (χ0v) is 18.4. The zero-order valence-electron chi connectivity index (χ0n) is 18.4. The largest absolute Gasteiger partial charge is 0.497 e. The number of hydrogen-bond acceptors (Lipinski definition) is 3. The fourth-order valence-corrected chi connectivity index (χ4v) is 4.13. The lowest BCUT2D eigenvalue weighted by atomic mass is 9.99. The van der Waals surface area contributed by atoms with Crippen molar-refractivity contribution in [1.82, 2.24) is 9.88 Å². The number of aromatic nitrogens is 1. The number of pyridine rings is 1. The molecule has 2 heterocycles. The molecule has 0 aliphatic carbocycles. The van der Waals surface area contributed by atoms with E-state index in [9.17, 15) is 4.79 Å². The van der Waals surface area contributed by atoms with Crippen LogP contribution in [0, 0.1) is 6.92 Å². The van der Waals surface area contributed by atoms with Crippen LogP contribution in [0.15, 0.2) is 60.7 Å². The van der Waals surface area contributed by atoms with Gasteiger partial charge < -0.3 is 9.64 Å². The summed E-state index contributed by atoms with van der Waals surface area (Å²) >= 11 is 0. The Morgan fingerprint density at radius 2 is 1.65 bits per heavy atom. The standard InChI is InChI=1S/C27H30N2O2/c1-20-7-9-21(10-8-20)24-15-16-25(22-11-13-23(31-2)14-12-22)28-26(24)17-19-29-18-5-3-4-6-27(29)30/h7-16H,3-6,17-19H2,1-2H3. The Morgan fingerprint density at radius 1 is 0.903 bits per heavy atom. The molecule has 1 saturated heterocycles. The fourth-order valence-electron chi connectivity index (χ4n) is 4.13. The van der Waals surface area contributed by atoms with Gasteiger partial charge in [0.15, 0.2) is 0 Å². The summed E-state index contributed by atoms with van der Waals surface area (Å²) < 4.78 is 5.28. The second-order valence-electron chi connectivity index (χ2n) is 8.23. The molecule has 3 aromatic rings. The van der Waals surface area contributed by atoms with Crippen LogP contribution in [-0.4, -0.2) is 36.0 Å². The average molecular weight is 415 g/mol. The number of rotatable bonds is 6. The van der Waals surface area contributed by atoms with E-state index in [1.54, 1.807) is 7.11 Å². The van der Waals surface area contributed by atoms with E-state index in [2.05, 4.69) is 43.3 Å². The number of carbonyl (C=O) groups is 1. The average Bonchev–Trinajstić information content (AvgIpc) is 3.02. The van der Waals surface area contributed by atoms with Crippen molar-refractivity contribution in [1.29, 1.82) is 0 Å². The van der Waals surface area contributed by atoms with Gasteiger partial charge in [-0.1, -0.05) is 42.3 Å². The first-order valence-electron chi connectivity index (χ1n) is 11.1. The number of benzene rings is 2. The Balaban J connectivity index is 1.65. The highest BCUT2D eigenvalue weighted by atomic mass is 16.5. The van der Waals surface area contributed by atoms with Crippen molar-refractivity contribution in [3.8, 4) is 28.1 Å². The number of carbonyl (C=O) groups excluding carboxylic acids is 1. The highest BCUT2D eigenvalue weighted by Crippen LogP contribution is 2.28. The number of likely N-dealkylation sites (tertiary alicyclic amines) is 1. The highest BCUT2D eigenvalue weighted by molar-refractivity contribution is 5.76. The molecule has 0 saturated carbocycles. The van der Waals surface area contributed by atoms with E-state index in [0.29, 0.717) is 6.42 Å². The fraction of sp³-hybridized carbons (Fsp3) is 0.333. The Hall–Kier alpha value is -3.14. The lowest BCUT2D eigenvalue weighted by Crippen LogP contribution is -2.32. The normalized spacial score (nSPS) is 14.4. The third-order valence-electron chi connectivity index (χ3n) is 6.01. The summed E-state index contributed by atoms with van der Waals surface area (Å²) in [7, 11) is 1.67. The van der Waals surface area contributed by atoms with Gasteiger partial charge in [0.1, 0.15) is 5.75 Å². The quantitative estimate of drug-likeness (QED) is 0.521. The number of methoxy groups -OCH3 is 1. The van der Waals surface area contributed by atoms with E-state index in [-0.39, 0.29) is 5.91 Å². The number of aryl methyl sites for hydroxylation is 1. The van der Waals surface area contributed by atoms with E-state index < -0.39 is 0 Å². The molecular weight excluding hydrogens is 384 g/mol. The van der Waals surface area contributed by atoms with Crippen molar-refractivity contribution in [2.45, 2.75) is 39.0 Å². The van der Waals surface area contributed by atoms with Gasteiger partial charge in [-0.05, 0) is 55.7 Å². The molecule has 1 aliphatic rings. The molecule has 1 aromatic heterocycles. The minimum absolute atomic E-state index is 0.278. The number of nitrogens with zero attached hydrogens (tertiary/aromatic N) is 2. The smallest absolute Gasteiger partial charge is 0.222 e. The van der Waals surface area contributed by atoms with Gasteiger partial charge in [-0.2, -0.15) is 0 Å². The van der Waals surface area contributed by atoms with Crippen LogP contribution in [0.4, 0.5) is 0 Å². The first-order chi connectivity index (χ1) is 15.1. The van der Waals surface area contributed by atoms with Gasteiger partial charge in [-0.15, -0.1) is 0 Å². The SMILES string of the molecule is COc1ccc(-c2ccc(-c3ccc(C)cc3)c(CCN3CCCCCC3=O)n2)cc1. The molecule has 160 valence electrons. The third-order valence-corrected chi connectivity index (χ3v) is 6.01. The first kappa shape index (κ1) is 21.1. The van der Waals surface area contributed by atoms with Gasteiger partial charge in [0, 0.05) is 37.1 Å². The summed E-state index contributed by atoms with van der Waals surface area (Å²) in [6.45, 7) is 3.67. The molecule has 0 radical (unpaired) electrons. The van der Waals surface area contributed by atoms with Crippen LogP contribution < -0.4 is 4.74 Å². The molecule has 0 atom stereocenters. The van der Waals surface area contributed by atoms with E-state index >= 15 is 0 Å². The maximum absolute atomic E-state index is 12.5. The second-order valence-corrected chi connectivity index (χ2v) is 8.23. The number of hydrogen-bond donors (Lipinski definition) is 0. The molecule has 0 spiro atoms. The van der Waals surface area contributed by atoms with Crippen molar-refractivity contribution in [3.05, 3.63) is 71.9 Å². The first-order valence-corrected chi connectivity index (χ1v) is 11.1. The van der Waals surface area contributed by atoms with Gasteiger partial charge in [-0.25, -0.2) is 0 Å². The minimum Gasteiger partial charge on any atom is -0.497 e. The van der Waals surface area contributed by atoms with E-state index in [1.165, 1.54) is 5.56 Å². The molecule has 4 rings (SSSR count). The van der Waals surface area contributed by atoms with Crippen LogP contribution >= 0.6 is 0 Å². The molecular formula is C27H30N2O2. The van der Waals surface area contributed by atoms with Crippen LogP contribution in [0.3, 0.4) is 0 Å². The molecule has 1 aliphatic heterocycles. The maximum atomic E-state index is 12.5. The summed E-state index contributed by atoms with van der Waals surface area (Å²) in [5.41, 5.74) is 6.58. The topological polar surface area (TPSA) is 42.4 Å². The summed E-state index contributed by atoms with van der Waals surface area (Å²) in [4.78, 5) is 19.5. The summed E-state index contributed by atoms with van der Waals surface area (Å²) in [5.74, 6) is 1.11. The molecule has 31 heavy (non-hydrogen) atoms. The molecule has 1 amide bonds. The monoisotopic (exact) mass is 414 g/mol. The van der Waals surface area contributed by atoms with Crippen LogP contribution in [-0.2, 0) is 11.2 Å². The molecule has 0 N–H and O–H groups in total. The number of amides is 1. The molecule has 0 bridgehead atoms. The van der Waals surface area contributed by atoms with Gasteiger partial charge in [0.05, 0.1) is 18.5 Å². The maximum Gasteiger partial charge on any atom is 0.222 e. The zero-order chi connectivity index (χ0) is 21.6. The number of ether oxygens (including phenoxy) is 1. The van der Waals surface area contributed by atoms with Gasteiger partial charge in [0.25, 0.3) is 0 Å². The van der Waals surface area contributed by atoms with Crippen molar-refractivity contribution in [2.24, 2.45) is 0 Å². The molecule has 4 heteroatoms. The lowest BCUT2D eigenvalue weighted by Gasteiger charge is -2.21. The second kappa shape index (κ2) is 9.78. The Morgan fingerprint density at radius 3 is 2.39 bits per heavy atom. The van der Waals surface area contributed by atoms with E-state index in [1.807, 2.05) is 29.2 Å². The summed E-state index contributed by atoms with van der Waals surface area (Å²) in [5, 5.41) is 0. The van der Waals surface area contributed by atoms with Crippen molar-refractivity contribution in [3.63, 3.8) is 0 Å². The molecule has 2 aromatic carbocycles. The van der Waals surface area contributed by atoms with Crippen LogP contribution in [0.5, 0.6) is 5.75 Å². The van der Waals surface area contributed by atoms with E-state index in [4.69, 9.17) is 9.72 Å². The van der Waals surface area contributed by atoms with Crippen LogP contribution in [0.1, 0.15) is 36.9 Å². The Labute approximate surface area is 184 Å². The Kier molecular flexibility index (Phi) is 6.66. The predicted molar refractivity (Wildman–Crippen MR) is 125 cm³/mol. The summed E-state index contributed by atoms with van der Waals surface area (Å²) in [6, 6.07) is 20.8. The van der Waals surface area contributed by atoms with Gasteiger partial charge in [0.2, 0.25) is 5.91 Å². The molecule has 4 nitrogen and oxygen atoms in total. The predicted octanol–water partition coefficient (Wildman–Crippen LogP) is 5.68. The van der Waals surface area contributed by atoms with Crippen molar-refractivity contribution < 1.29 is 9.53 Å². The third kappa shape index (κ3) is 5.13. The Bertz CT molecular complexity index is 1030. The van der Waals surface area contributed by atoms with Gasteiger partial charge >= 0.3 is 0 Å². The van der Waals surface area contributed by atoms with Crippen molar-refractivity contribution >= 4 is 5.91 Å². The van der Waals surface area contributed by atoms with Gasteiger partial charge in [-0.3, -0.25) is 9.78 Å².